The lowest BCUT2D eigenvalue weighted by Crippen LogP contribution is -2.47. The number of carbonyl (C=O) groups is 2. The van der Waals surface area contributed by atoms with E-state index in [1.54, 1.807) is 6.07 Å². The van der Waals surface area contributed by atoms with Crippen molar-refractivity contribution in [1.82, 2.24) is 0 Å². The number of anilines is 2. The monoisotopic (exact) mass is 286 g/mol. The van der Waals surface area contributed by atoms with Crippen LogP contribution >= 0.6 is 0 Å². The second-order valence-corrected chi connectivity index (χ2v) is 6.68. The number of benzene rings is 1. The van der Waals surface area contributed by atoms with E-state index >= 15 is 0 Å². The van der Waals surface area contributed by atoms with E-state index in [1.165, 1.54) is 4.90 Å². The van der Waals surface area contributed by atoms with Gasteiger partial charge in [0.15, 0.2) is 0 Å². The molecule has 1 aromatic carbocycles. The Morgan fingerprint density at radius 2 is 1.57 bits per heavy atom. The third-order valence-electron chi connectivity index (χ3n) is 5.04. The fourth-order valence-corrected chi connectivity index (χ4v) is 3.85. The van der Waals surface area contributed by atoms with Crippen LogP contribution in [0.3, 0.4) is 0 Å². The zero-order valence-electron chi connectivity index (χ0n) is 12.7. The first-order valence-electron chi connectivity index (χ1n) is 7.64. The fraction of sp³-hybridized carbons (Fsp3) is 0.529. The Bertz CT molecular complexity index is 595. The molecule has 0 atom stereocenters. The topological polar surface area (TPSA) is 63.4 Å². The summed E-state index contributed by atoms with van der Waals surface area (Å²) in [5.41, 5.74) is 9.06. The van der Waals surface area contributed by atoms with Crippen molar-refractivity contribution < 1.29 is 9.59 Å². The number of nitrogen functional groups attached to an aromatic ring is 1. The minimum Gasteiger partial charge on any atom is -0.398 e. The molecule has 112 valence electrons. The van der Waals surface area contributed by atoms with Gasteiger partial charge in [-0.2, -0.15) is 0 Å². The van der Waals surface area contributed by atoms with Gasteiger partial charge in [0.25, 0.3) is 0 Å². The largest absolute Gasteiger partial charge is 0.398 e. The molecule has 2 N–H and O–H groups in total. The van der Waals surface area contributed by atoms with Crippen LogP contribution in [0, 0.1) is 19.3 Å². The maximum atomic E-state index is 12.6. The number of hydrogen-bond acceptors (Lipinski definition) is 3. The van der Waals surface area contributed by atoms with Gasteiger partial charge in [0.05, 0.1) is 5.69 Å². The number of amides is 2. The maximum Gasteiger partial charge on any atom is 0.234 e. The summed E-state index contributed by atoms with van der Waals surface area (Å²) >= 11 is 0. The van der Waals surface area contributed by atoms with Gasteiger partial charge in [-0.1, -0.05) is 18.9 Å². The third kappa shape index (κ3) is 2.33. The van der Waals surface area contributed by atoms with Crippen molar-refractivity contribution in [3.8, 4) is 0 Å². The Morgan fingerprint density at radius 1 is 1.00 bits per heavy atom. The minimum atomic E-state index is -0.0699. The molecule has 0 radical (unpaired) electrons. The van der Waals surface area contributed by atoms with Gasteiger partial charge in [-0.3, -0.25) is 14.5 Å². The number of carbonyl (C=O) groups excluding carboxylic acids is 2. The summed E-state index contributed by atoms with van der Waals surface area (Å²) in [5, 5.41) is 0. The molecule has 21 heavy (non-hydrogen) atoms. The Balaban J connectivity index is 1.95. The van der Waals surface area contributed by atoms with Crippen molar-refractivity contribution in [3.05, 3.63) is 23.3 Å². The molecule has 1 spiro atoms. The predicted octanol–water partition coefficient (Wildman–Crippen LogP) is 3.10. The average Bonchev–Trinajstić information content (AvgIpc) is 2.82. The highest BCUT2D eigenvalue weighted by Gasteiger charge is 2.45. The van der Waals surface area contributed by atoms with Gasteiger partial charge < -0.3 is 5.73 Å². The Hall–Kier alpha value is -1.84. The van der Waals surface area contributed by atoms with Crippen molar-refractivity contribution in [2.24, 2.45) is 5.41 Å². The van der Waals surface area contributed by atoms with Crippen LogP contribution in [0.1, 0.15) is 49.7 Å². The summed E-state index contributed by atoms with van der Waals surface area (Å²) < 4.78 is 0. The molecule has 1 saturated heterocycles. The van der Waals surface area contributed by atoms with Gasteiger partial charge in [-0.05, 0) is 49.3 Å². The van der Waals surface area contributed by atoms with Gasteiger partial charge in [0, 0.05) is 18.5 Å². The Kier molecular flexibility index (Phi) is 3.27. The smallest absolute Gasteiger partial charge is 0.234 e. The average molecular weight is 286 g/mol. The standard InChI is InChI=1S/C17H22N2O2/c1-11-7-12(2)14(8-13(11)18)19-15(20)9-17(10-16(19)21)5-3-4-6-17/h7-8H,3-6,9-10,18H2,1-2H3. The molecule has 1 heterocycles. The minimum absolute atomic E-state index is 0.0607. The first kappa shape index (κ1) is 14.1. The number of aryl methyl sites for hydroxylation is 2. The normalized spacial score (nSPS) is 21.3. The summed E-state index contributed by atoms with van der Waals surface area (Å²) in [6, 6.07) is 3.69. The van der Waals surface area contributed by atoms with Crippen LogP contribution in [-0.4, -0.2) is 11.8 Å². The van der Waals surface area contributed by atoms with Crippen molar-refractivity contribution in [1.29, 1.82) is 0 Å². The van der Waals surface area contributed by atoms with Crippen LogP contribution in [0.15, 0.2) is 12.1 Å². The predicted molar refractivity (Wildman–Crippen MR) is 83.0 cm³/mol. The molecule has 3 rings (SSSR count). The molecule has 2 fully saturated rings. The van der Waals surface area contributed by atoms with Gasteiger partial charge in [0.1, 0.15) is 0 Å². The van der Waals surface area contributed by atoms with Crippen LogP contribution in [0.25, 0.3) is 0 Å². The molecule has 0 aromatic heterocycles. The van der Waals surface area contributed by atoms with Crippen molar-refractivity contribution in [2.45, 2.75) is 52.4 Å². The van der Waals surface area contributed by atoms with Crippen molar-refractivity contribution in [3.63, 3.8) is 0 Å². The van der Waals surface area contributed by atoms with E-state index in [0.717, 1.165) is 36.8 Å². The quantitative estimate of drug-likeness (QED) is 0.637. The zero-order valence-corrected chi connectivity index (χ0v) is 12.7. The van der Waals surface area contributed by atoms with Crippen LogP contribution in [0.4, 0.5) is 11.4 Å². The van der Waals surface area contributed by atoms with Crippen LogP contribution in [0.2, 0.25) is 0 Å². The fourth-order valence-electron chi connectivity index (χ4n) is 3.85. The van der Waals surface area contributed by atoms with Gasteiger partial charge in [-0.25, -0.2) is 0 Å². The molecule has 1 aliphatic carbocycles. The molecular weight excluding hydrogens is 264 g/mol. The van der Waals surface area contributed by atoms with Crippen molar-refractivity contribution >= 4 is 23.2 Å². The molecule has 2 amide bonds. The first-order valence-corrected chi connectivity index (χ1v) is 7.64. The highest BCUT2D eigenvalue weighted by Crippen LogP contribution is 2.47. The Morgan fingerprint density at radius 3 is 2.14 bits per heavy atom. The number of piperidine rings is 1. The lowest BCUT2D eigenvalue weighted by Gasteiger charge is -2.37. The SMILES string of the molecule is Cc1cc(C)c(N2C(=O)CC3(CCCC3)CC2=O)cc1N. The number of rotatable bonds is 1. The molecule has 0 bridgehead atoms. The molecule has 0 unspecified atom stereocenters. The van der Waals surface area contributed by atoms with E-state index in [1.807, 2.05) is 19.9 Å². The van der Waals surface area contributed by atoms with Gasteiger partial charge in [-0.15, -0.1) is 0 Å². The first-order chi connectivity index (χ1) is 9.92. The van der Waals surface area contributed by atoms with E-state index in [2.05, 4.69) is 0 Å². The van der Waals surface area contributed by atoms with E-state index in [-0.39, 0.29) is 17.2 Å². The number of nitrogens with zero attached hydrogens (tertiary/aromatic N) is 1. The number of nitrogens with two attached hydrogens (primary N) is 1. The van der Waals surface area contributed by atoms with Crippen molar-refractivity contribution in [2.75, 3.05) is 10.6 Å². The van der Waals surface area contributed by atoms with Crippen LogP contribution in [0.5, 0.6) is 0 Å². The summed E-state index contributed by atoms with van der Waals surface area (Å²) in [4.78, 5) is 26.5. The molecule has 1 aromatic rings. The van der Waals surface area contributed by atoms with Crippen LogP contribution < -0.4 is 10.6 Å². The van der Waals surface area contributed by atoms with E-state index < -0.39 is 0 Å². The summed E-state index contributed by atoms with van der Waals surface area (Å²) in [7, 11) is 0. The second kappa shape index (κ2) is 4.86. The summed E-state index contributed by atoms with van der Waals surface area (Å²) in [5.74, 6) is -0.140. The zero-order chi connectivity index (χ0) is 15.2. The molecule has 4 nitrogen and oxygen atoms in total. The highest BCUT2D eigenvalue weighted by molar-refractivity contribution is 6.17. The maximum absolute atomic E-state index is 12.6. The lowest BCUT2D eigenvalue weighted by molar-refractivity contribution is -0.133. The summed E-state index contributed by atoms with van der Waals surface area (Å²) in [6.07, 6.45) is 5.27. The van der Waals surface area contributed by atoms with Gasteiger partial charge >= 0.3 is 0 Å². The molecule has 2 aliphatic rings. The Labute approximate surface area is 125 Å². The summed E-state index contributed by atoms with van der Waals surface area (Å²) in [6.45, 7) is 3.85. The van der Waals surface area contributed by atoms with E-state index in [9.17, 15) is 9.59 Å². The second-order valence-electron chi connectivity index (χ2n) is 6.68. The third-order valence-corrected chi connectivity index (χ3v) is 5.04. The van der Waals surface area contributed by atoms with E-state index in [4.69, 9.17) is 5.73 Å². The van der Waals surface area contributed by atoms with E-state index in [0.29, 0.717) is 24.2 Å². The number of imide groups is 1. The van der Waals surface area contributed by atoms with Crippen LogP contribution in [-0.2, 0) is 9.59 Å². The lowest BCUT2D eigenvalue weighted by atomic mass is 9.76. The molecular formula is C17H22N2O2. The van der Waals surface area contributed by atoms with Gasteiger partial charge in [0.2, 0.25) is 11.8 Å². The number of hydrogen-bond donors (Lipinski definition) is 1. The molecule has 1 aliphatic heterocycles. The molecule has 4 heteroatoms. The molecule has 1 saturated carbocycles. The highest BCUT2D eigenvalue weighted by atomic mass is 16.2.